The van der Waals surface area contributed by atoms with E-state index in [2.05, 4.69) is 0 Å². The van der Waals surface area contributed by atoms with Crippen LogP contribution in [0.2, 0.25) is 0 Å². The summed E-state index contributed by atoms with van der Waals surface area (Å²) < 4.78 is 33.6. The number of para-hydroxylation sites is 2. The van der Waals surface area contributed by atoms with E-state index in [0.717, 1.165) is 12.2 Å². The quantitative estimate of drug-likeness (QED) is 0.0471. The summed E-state index contributed by atoms with van der Waals surface area (Å²) in [6, 6.07) is 19.1. The number of nitro groups is 2. The molecule has 0 saturated carbocycles. The van der Waals surface area contributed by atoms with Crippen LogP contribution in [0.4, 0.5) is 11.4 Å². The Balaban J connectivity index is 0.00000625. The molecule has 0 amide bonds. The first-order valence-corrected chi connectivity index (χ1v) is 14.9. The van der Waals surface area contributed by atoms with Crippen LogP contribution in [0.25, 0.3) is 12.2 Å². The number of hydrogen-bond acceptors (Lipinski definition) is 12. The van der Waals surface area contributed by atoms with Gasteiger partial charge < -0.3 is 23.4 Å². The van der Waals surface area contributed by atoms with Gasteiger partial charge in [-0.1, -0.05) is 48.6 Å². The van der Waals surface area contributed by atoms with E-state index in [4.69, 9.17) is 18.5 Å². The standard InChI is InChI=1S/C32H25N2O12P.Na/c1-43-31-19-21(11-15-27(35)23-7-3-5-9-25(23)33(37)38)13-17-29(31)45-47(41,42)46-30-18-14-22(20-32(30)44-2)12-16-28(36)24-8-4-6-10-26(24)34(39)40;/h3-20H,1-2H3,(H,41,42);/q;+1/p-1. The Kier molecular flexibility index (Phi) is 12.9. The summed E-state index contributed by atoms with van der Waals surface area (Å²) in [5, 5.41) is 22.4. The average Bonchev–Trinajstić information content (AvgIpc) is 3.06. The summed E-state index contributed by atoms with van der Waals surface area (Å²) in [7, 11) is -2.57. The number of ketones is 2. The fraction of sp³-hybridized carbons (Fsp3) is 0.0625. The Labute approximate surface area is 295 Å². The van der Waals surface area contributed by atoms with Gasteiger partial charge in [0.1, 0.15) is 0 Å². The molecule has 0 unspecified atom stereocenters. The Morgan fingerprint density at radius 1 is 0.646 bits per heavy atom. The van der Waals surface area contributed by atoms with Gasteiger partial charge in [0.25, 0.3) is 11.4 Å². The molecule has 0 aliphatic heterocycles. The predicted octanol–water partition coefficient (Wildman–Crippen LogP) is 3.24. The minimum Gasteiger partial charge on any atom is -0.736 e. The van der Waals surface area contributed by atoms with Crippen molar-refractivity contribution < 1.29 is 77.0 Å². The third-order valence-electron chi connectivity index (χ3n) is 6.38. The number of carbonyl (C=O) groups excluding carboxylic acids is 2. The molecule has 0 heterocycles. The van der Waals surface area contributed by atoms with E-state index in [-0.39, 0.29) is 75.1 Å². The summed E-state index contributed by atoms with van der Waals surface area (Å²) >= 11 is 0. The van der Waals surface area contributed by atoms with E-state index in [0.29, 0.717) is 11.1 Å². The molecule has 0 aromatic heterocycles. The largest absolute Gasteiger partial charge is 1.00 e. The number of ether oxygens (including phenoxy) is 2. The first-order valence-electron chi connectivity index (χ1n) is 13.4. The third-order valence-corrected chi connectivity index (χ3v) is 7.22. The van der Waals surface area contributed by atoms with Gasteiger partial charge in [-0.3, -0.25) is 29.8 Å². The third kappa shape index (κ3) is 9.47. The Bertz CT molecular complexity index is 1840. The predicted molar refractivity (Wildman–Crippen MR) is 168 cm³/mol. The summed E-state index contributed by atoms with van der Waals surface area (Å²) in [5.41, 5.74) is -0.0947. The maximum atomic E-state index is 12.8. The van der Waals surface area contributed by atoms with Crippen molar-refractivity contribution in [2.75, 3.05) is 14.2 Å². The average molecular weight is 683 g/mol. The van der Waals surface area contributed by atoms with Crippen molar-refractivity contribution >= 4 is 42.9 Å². The SMILES string of the molecule is COc1cc(C=CC(=O)c2ccccc2[N+](=O)[O-])ccc1OP(=O)([O-])Oc1ccc(C=CC(=O)c2ccccc2[N+](=O)[O-])cc1OC.[Na+]. The van der Waals surface area contributed by atoms with Crippen LogP contribution >= 0.6 is 7.82 Å². The second-order valence-electron chi connectivity index (χ2n) is 9.39. The van der Waals surface area contributed by atoms with Gasteiger partial charge >= 0.3 is 37.4 Å². The van der Waals surface area contributed by atoms with Crippen molar-refractivity contribution in [3.8, 4) is 23.0 Å². The van der Waals surface area contributed by atoms with Gasteiger partial charge in [0.05, 0.1) is 35.2 Å². The molecular weight excluding hydrogens is 658 g/mol. The molecule has 0 spiro atoms. The van der Waals surface area contributed by atoms with E-state index in [1.807, 2.05) is 0 Å². The number of phosphoric ester groups is 1. The smallest absolute Gasteiger partial charge is 0.736 e. The van der Waals surface area contributed by atoms with E-state index in [1.165, 1.54) is 111 Å². The van der Waals surface area contributed by atoms with Crippen LogP contribution in [-0.4, -0.2) is 35.6 Å². The molecule has 0 fully saturated rings. The Morgan fingerprint density at radius 3 is 1.38 bits per heavy atom. The number of nitro benzene ring substituents is 2. The van der Waals surface area contributed by atoms with Crippen molar-refractivity contribution in [2.45, 2.75) is 0 Å². The number of carbonyl (C=O) groups is 2. The minimum atomic E-state index is -5.10. The van der Waals surface area contributed by atoms with Gasteiger partial charge in [-0.25, -0.2) is 4.57 Å². The molecule has 4 rings (SSSR count). The van der Waals surface area contributed by atoms with E-state index < -0.39 is 29.2 Å². The minimum absolute atomic E-state index is 0. The summed E-state index contributed by atoms with van der Waals surface area (Å²) in [5.74, 6) is -1.76. The van der Waals surface area contributed by atoms with Crippen LogP contribution < -0.4 is 53.0 Å². The number of methoxy groups -OCH3 is 2. The number of nitrogens with zero attached hydrogens (tertiary/aromatic N) is 2. The second kappa shape index (κ2) is 16.6. The van der Waals surface area contributed by atoms with Crippen LogP contribution in [-0.2, 0) is 4.57 Å². The van der Waals surface area contributed by atoms with Crippen LogP contribution in [0.1, 0.15) is 31.8 Å². The molecular formula is C32H24N2NaO12P. The molecule has 14 nitrogen and oxygen atoms in total. The van der Waals surface area contributed by atoms with E-state index in [1.54, 1.807) is 0 Å². The van der Waals surface area contributed by atoms with E-state index >= 15 is 0 Å². The normalized spacial score (nSPS) is 12.1. The maximum Gasteiger partial charge on any atom is 1.00 e. The first-order chi connectivity index (χ1) is 22.4. The Hall–Kier alpha value is -5.11. The van der Waals surface area contributed by atoms with Crippen molar-refractivity contribution in [1.29, 1.82) is 0 Å². The molecule has 16 heteroatoms. The summed E-state index contributed by atoms with van der Waals surface area (Å²) in [6.45, 7) is 0. The second-order valence-corrected chi connectivity index (χ2v) is 10.7. The molecule has 240 valence electrons. The molecule has 0 bridgehead atoms. The number of phosphoric acid groups is 1. The van der Waals surface area contributed by atoms with E-state index in [9.17, 15) is 39.3 Å². The molecule has 0 atom stereocenters. The molecule has 0 saturated heterocycles. The monoisotopic (exact) mass is 682 g/mol. The zero-order valence-electron chi connectivity index (χ0n) is 25.6. The molecule has 0 N–H and O–H groups in total. The molecule has 48 heavy (non-hydrogen) atoms. The van der Waals surface area contributed by atoms with Crippen molar-refractivity contribution in [3.05, 3.63) is 140 Å². The number of rotatable bonds is 14. The number of allylic oxidation sites excluding steroid dienone is 2. The molecule has 0 aliphatic carbocycles. The maximum absolute atomic E-state index is 12.8. The van der Waals surface area contributed by atoms with Gasteiger partial charge in [0, 0.05) is 12.1 Å². The molecule has 0 aliphatic rings. The fourth-order valence-electron chi connectivity index (χ4n) is 4.19. The van der Waals surface area contributed by atoms with Crippen LogP contribution in [0.5, 0.6) is 23.0 Å². The van der Waals surface area contributed by atoms with Crippen LogP contribution in [0.15, 0.2) is 97.1 Å². The van der Waals surface area contributed by atoms with Crippen molar-refractivity contribution in [2.24, 2.45) is 0 Å². The van der Waals surface area contributed by atoms with Gasteiger partial charge in [0.2, 0.25) is 0 Å². The number of benzene rings is 4. The first kappa shape index (κ1) is 37.3. The molecule has 4 aromatic rings. The zero-order chi connectivity index (χ0) is 34.1. The topological polar surface area (TPSA) is 197 Å². The zero-order valence-corrected chi connectivity index (χ0v) is 28.5. The van der Waals surface area contributed by atoms with Crippen LogP contribution in [0.3, 0.4) is 0 Å². The van der Waals surface area contributed by atoms with Crippen molar-refractivity contribution in [1.82, 2.24) is 0 Å². The van der Waals surface area contributed by atoms with Gasteiger partial charge in [-0.05, 0) is 59.7 Å². The van der Waals surface area contributed by atoms with Gasteiger partial charge in [-0.2, -0.15) is 0 Å². The molecule has 0 radical (unpaired) electrons. The Morgan fingerprint density at radius 2 is 1.02 bits per heavy atom. The molecule has 4 aromatic carbocycles. The van der Waals surface area contributed by atoms with Gasteiger partial charge in [0.15, 0.2) is 34.6 Å². The summed E-state index contributed by atoms with van der Waals surface area (Å²) in [4.78, 5) is 59.1. The van der Waals surface area contributed by atoms with Gasteiger partial charge in [-0.15, -0.1) is 0 Å². The van der Waals surface area contributed by atoms with Crippen LogP contribution in [0, 0.1) is 20.2 Å². The summed E-state index contributed by atoms with van der Waals surface area (Å²) in [6.07, 6.45) is 5.00. The van der Waals surface area contributed by atoms with Crippen molar-refractivity contribution in [3.63, 3.8) is 0 Å². The fourth-order valence-corrected chi connectivity index (χ4v) is 5.01. The number of hydrogen-bond donors (Lipinski definition) is 0.